The third-order valence-corrected chi connectivity index (χ3v) is 3.17. The normalized spacial score (nSPS) is 17.5. The van der Waals surface area contributed by atoms with E-state index in [4.69, 9.17) is 5.11 Å². The van der Waals surface area contributed by atoms with Crippen LogP contribution in [0, 0.1) is 0 Å². The van der Waals surface area contributed by atoms with Crippen molar-refractivity contribution >= 4 is 5.97 Å². The zero-order valence-electron chi connectivity index (χ0n) is 10.2. The molecule has 1 N–H and O–H groups in total. The molecule has 0 aliphatic carbocycles. The van der Waals surface area contributed by atoms with Crippen LogP contribution in [0.15, 0.2) is 6.33 Å². The minimum absolute atomic E-state index is 0.0595. The smallest absolute Gasteiger partial charge is 0.304 e. The first-order chi connectivity index (χ1) is 8.08. The van der Waals surface area contributed by atoms with Gasteiger partial charge in [0.2, 0.25) is 0 Å². The number of hydrogen-bond donors (Lipinski definition) is 1. The highest BCUT2D eigenvalue weighted by Gasteiger charge is 2.22. The lowest BCUT2D eigenvalue weighted by Gasteiger charge is -2.26. The van der Waals surface area contributed by atoms with Crippen LogP contribution in [-0.4, -0.2) is 39.5 Å². The summed E-state index contributed by atoms with van der Waals surface area (Å²) in [6.45, 7) is 3.72. The summed E-state index contributed by atoms with van der Waals surface area (Å²) in [7, 11) is 2.06. The Balaban J connectivity index is 2.31. The van der Waals surface area contributed by atoms with Crippen LogP contribution in [0.2, 0.25) is 0 Å². The van der Waals surface area contributed by atoms with Gasteiger partial charge in [0, 0.05) is 36.7 Å². The molecular formula is C12H17N3O2. The molecule has 1 aliphatic rings. The van der Waals surface area contributed by atoms with Gasteiger partial charge in [0.15, 0.2) is 0 Å². The topological polar surface area (TPSA) is 66.3 Å². The lowest BCUT2D eigenvalue weighted by atomic mass is 9.95. The molecule has 0 aromatic carbocycles. The van der Waals surface area contributed by atoms with Gasteiger partial charge in [-0.3, -0.25) is 4.79 Å². The number of rotatable bonds is 3. The summed E-state index contributed by atoms with van der Waals surface area (Å²) in [6, 6.07) is 0. The van der Waals surface area contributed by atoms with E-state index in [1.54, 1.807) is 6.33 Å². The van der Waals surface area contributed by atoms with Crippen molar-refractivity contribution in [3.05, 3.63) is 23.3 Å². The lowest BCUT2D eigenvalue weighted by molar-refractivity contribution is -0.137. The van der Waals surface area contributed by atoms with E-state index >= 15 is 0 Å². The van der Waals surface area contributed by atoms with E-state index in [0.717, 1.165) is 36.5 Å². The van der Waals surface area contributed by atoms with Gasteiger partial charge in [-0.25, -0.2) is 9.97 Å². The molecule has 0 spiro atoms. The van der Waals surface area contributed by atoms with E-state index in [-0.39, 0.29) is 12.3 Å². The number of aliphatic carboxylic acids is 1. The van der Waals surface area contributed by atoms with Gasteiger partial charge in [-0.05, 0) is 7.05 Å². The SMILES string of the molecule is CC(CC(=O)O)c1ncnc2c1CN(C)CC2. The quantitative estimate of drug-likeness (QED) is 0.848. The zero-order chi connectivity index (χ0) is 12.4. The van der Waals surface area contributed by atoms with Crippen molar-refractivity contribution < 1.29 is 9.90 Å². The third kappa shape index (κ3) is 2.61. The lowest BCUT2D eigenvalue weighted by Crippen LogP contribution is -2.29. The van der Waals surface area contributed by atoms with Crippen molar-refractivity contribution in [1.29, 1.82) is 0 Å². The first-order valence-electron chi connectivity index (χ1n) is 5.81. The Morgan fingerprint density at radius 1 is 1.59 bits per heavy atom. The summed E-state index contributed by atoms with van der Waals surface area (Å²) in [5.74, 6) is -0.843. The fourth-order valence-electron chi connectivity index (χ4n) is 2.28. The van der Waals surface area contributed by atoms with Gasteiger partial charge in [-0.1, -0.05) is 6.92 Å². The van der Waals surface area contributed by atoms with Crippen molar-refractivity contribution in [2.24, 2.45) is 0 Å². The maximum atomic E-state index is 10.8. The third-order valence-electron chi connectivity index (χ3n) is 3.17. The summed E-state index contributed by atoms with van der Waals surface area (Å²) < 4.78 is 0. The number of hydrogen-bond acceptors (Lipinski definition) is 4. The Hall–Kier alpha value is -1.49. The summed E-state index contributed by atoms with van der Waals surface area (Å²) in [4.78, 5) is 21.5. The molecule has 1 unspecified atom stereocenters. The Morgan fingerprint density at radius 3 is 3.06 bits per heavy atom. The number of carbonyl (C=O) groups is 1. The van der Waals surface area contributed by atoms with Crippen molar-refractivity contribution in [1.82, 2.24) is 14.9 Å². The second-order valence-corrected chi connectivity index (χ2v) is 4.67. The van der Waals surface area contributed by atoms with Crippen molar-refractivity contribution in [2.45, 2.75) is 32.2 Å². The number of aromatic nitrogens is 2. The zero-order valence-corrected chi connectivity index (χ0v) is 10.2. The van der Waals surface area contributed by atoms with E-state index in [9.17, 15) is 4.79 Å². The van der Waals surface area contributed by atoms with Crippen molar-refractivity contribution in [3.63, 3.8) is 0 Å². The van der Waals surface area contributed by atoms with E-state index in [2.05, 4.69) is 21.9 Å². The first kappa shape index (κ1) is 12.0. The fraction of sp³-hybridized carbons (Fsp3) is 0.583. The average Bonchev–Trinajstić information content (AvgIpc) is 2.27. The van der Waals surface area contributed by atoms with Crippen molar-refractivity contribution in [3.8, 4) is 0 Å². The molecule has 2 rings (SSSR count). The van der Waals surface area contributed by atoms with Crippen LogP contribution in [0.5, 0.6) is 0 Å². The summed E-state index contributed by atoms with van der Waals surface area (Å²) >= 11 is 0. The van der Waals surface area contributed by atoms with Crippen LogP contribution in [0.4, 0.5) is 0 Å². The Labute approximate surface area is 100 Å². The molecular weight excluding hydrogens is 218 g/mol. The Kier molecular flexibility index (Phi) is 3.38. The number of likely N-dealkylation sites (N-methyl/N-ethyl adjacent to an activating group) is 1. The molecule has 1 aromatic heterocycles. The van der Waals surface area contributed by atoms with Crippen LogP contribution in [0.25, 0.3) is 0 Å². The number of carboxylic acid groups (broad SMARTS) is 1. The standard InChI is InChI=1S/C12H17N3O2/c1-8(5-11(16)17)12-9-6-15(2)4-3-10(9)13-7-14-12/h7-8H,3-6H2,1-2H3,(H,16,17). The molecule has 5 nitrogen and oxygen atoms in total. The van der Waals surface area contributed by atoms with Crippen LogP contribution >= 0.6 is 0 Å². The second-order valence-electron chi connectivity index (χ2n) is 4.67. The number of fused-ring (bicyclic) bond motifs is 1. The molecule has 0 bridgehead atoms. The summed E-state index contributed by atoms with van der Waals surface area (Å²) in [5.41, 5.74) is 3.09. The molecule has 2 heterocycles. The Morgan fingerprint density at radius 2 is 2.35 bits per heavy atom. The van der Waals surface area contributed by atoms with E-state index in [0.29, 0.717) is 0 Å². The molecule has 0 saturated heterocycles. The van der Waals surface area contributed by atoms with Crippen LogP contribution in [0.1, 0.15) is 36.2 Å². The Bertz CT molecular complexity index is 434. The van der Waals surface area contributed by atoms with Gasteiger partial charge in [-0.15, -0.1) is 0 Å². The van der Waals surface area contributed by atoms with Gasteiger partial charge in [0.25, 0.3) is 0 Å². The van der Waals surface area contributed by atoms with Crippen LogP contribution in [-0.2, 0) is 17.8 Å². The highest BCUT2D eigenvalue weighted by atomic mass is 16.4. The predicted octanol–water partition coefficient (Wildman–Crippen LogP) is 1.04. The molecule has 92 valence electrons. The van der Waals surface area contributed by atoms with Gasteiger partial charge in [0.1, 0.15) is 6.33 Å². The molecule has 17 heavy (non-hydrogen) atoms. The predicted molar refractivity (Wildman–Crippen MR) is 62.7 cm³/mol. The van der Waals surface area contributed by atoms with Crippen molar-refractivity contribution in [2.75, 3.05) is 13.6 Å². The van der Waals surface area contributed by atoms with E-state index < -0.39 is 5.97 Å². The van der Waals surface area contributed by atoms with E-state index in [1.165, 1.54) is 0 Å². The van der Waals surface area contributed by atoms with Gasteiger partial charge in [-0.2, -0.15) is 0 Å². The molecule has 0 radical (unpaired) electrons. The van der Waals surface area contributed by atoms with Crippen LogP contribution < -0.4 is 0 Å². The molecule has 1 atom stereocenters. The van der Waals surface area contributed by atoms with E-state index in [1.807, 2.05) is 6.92 Å². The molecule has 0 amide bonds. The minimum atomic E-state index is -0.783. The minimum Gasteiger partial charge on any atom is -0.481 e. The fourth-order valence-corrected chi connectivity index (χ4v) is 2.28. The van der Waals surface area contributed by atoms with Gasteiger partial charge < -0.3 is 10.0 Å². The number of nitrogens with zero attached hydrogens (tertiary/aromatic N) is 3. The molecule has 0 fully saturated rings. The van der Waals surface area contributed by atoms with Crippen LogP contribution in [0.3, 0.4) is 0 Å². The second kappa shape index (κ2) is 4.79. The summed E-state index contributed by atoms with van der Waals surface area (Å²) in [6.07, 6.45) is 2.59. The largest absolute Gasteiger partial charge is 0.481 e. The number of carboxylic acids is 1. The maximum absolute atomic E-state index is 10.8. The van der Waals surface area contributed by atoms with Gasteiger partial charge in [0.05, 0.1) is 12.1 Å². The van der Waals surface area contributed by atoms with Gasteiger partial charge >= 0.3 is 5.97 Å². The summed E-state index contributed by atoms with van der Waals surface area (Å²) in [5, 5.41) is 8.85. The highest BCUT2D eigenvalue weighted by Crippen LogP contribution is 2.25. The maximum Gasteiger partial charge on any atom is 0.304 e. The molecule has 1 aromatic rings. The average molecular weight is 235 g/mol. The molecule has 0 saturated carbocycles. The molecule has 1 aliphatic heterocycles. The molecule has 5 heteroatoms. The monoisotopic (exact) mass is 235 g/mol. The highest BCUT2D eigenvalue weighted by molar-refractivity contribution is 5.67. The first-order valence-corrected chi connectivity index (χ1v) is 5.81.